The smallest absolute Gasteiger partial charge is 0.323 e. The van der Waals surface area contributed by atoms with Crippen LogP contribution in [0.4, 0.5) is 18.9 Å². The molecule has 0 saturated heterocycles. The molecule has 3 N–H and O–H groups in total. The molecule has 1 amide bonds. The molecular formula is C11H9ClF3N3O. The van der Waals surface area contributed by atoms with Gasteiger partial charge in [-0.25, -0.2) is 0 Å². The Hall–Kier alpha value is -1.78. The van der Waals surface area contributed by atoms with E-state index in [2.05, 4.69) is 0 Å². The van der Waals surface area contributed by atoms with Gasteiger partial charge in [0.15, 0.2) is 5.54 Å². The fourth-order valence-corrected chi connectivity index (χ4v) is 1.29. The van der Waals surface area contributed by atoms with Crippen molar-refractivity contribution in [3.05, 3.63) is 28.8 Å². The summed E-state index contributed by atoms with van der Waals surface area (Å²) in [6, 6.07) is 5.56. The highest BCUT2D eigenvalue weighted by atomic mass is 35.5. The molecule has 4 nitrogen and oxygen atoms in total. The van der Waals surface area contributed by atoms with Crippen molar-refractivity contribution in [3.63, 3.8) is 0 Å². The molecule has 19 heavy (non-hydrogen) atoms. The molecule has 0 radical (unpaired) electrons. The first kappa shape index (κ1) is 15.3. The number of anilines is 1. The van der Waals surface area contributed by atoms with Crippen LogP contribution in [0.15, 0.2) is 18.2 Å². The summed E-state index contributed by atoms with van der Waals surface area (Å²) in [4.78, 5) is 11.5. The van der Waals surface area contributed by atoms with Crippen molar-refractivity contribution in [1.29, 1.82) is 5.26 Å². The average molecular weight is 292 g/mol. The summed E-state index contributed by atoms with van der Waals surface area (Å²) in [6.07, 6.45) is -4.89. The van der Waals surface area contributed by atoms with Gasteiger partial charge in [0, 0.05) is 0 Å². The van der Waals surface area contributed by atoms with E-state index in [0.717, 1.165) is 0 Å². The number of rotatable bonds is 2. The van der Waals surface area contributed by atoms with Crippen LogP contribution in [0.5, 0.6) is 0 Å². The van der Waals surface area contributed by atoms with Crippen molar-refractivity contribution in [2.24, 2.45) is 5.73 Å². The summed E-state index contributed by atoms with van der Waals surface area (Å²) in [7, 11) is 0. The first-order valence-electron chi connectivity index (χ1n) is 4.96. The van der Waals surface area contributed by atoms with Gasteiger partial charge >= 0.3 is 6.18 Å². The Morgan fingerprint density at radius 1 is 1.47 bits per heavy atom. The number of hydrogen-bond donors (Lipinski definition) is 2. The first-order valence-corrected chi connectivity index (χ1v) is 5.34. The fraction of sp³-hybridized carbons (Fsp3) is 0.273. The lowest BCUT2D eigenvalue weighted by Crippen LogP contribution is -2.59. The zero-order valence-electron chi connectivity index (χ0n) is 9.68. The van der Waals surface area contributed by atoms with Crippen LogP contribution >= 0.6 is 11.6 Å². The van der Waals surface area contributed by atoms with Crippen molar-refractivity contribution in [2.45, 2.75) is 18.6 Å². The third kappa shape index (κ3) is 3.16. The SMILES string of the molecule is CC(N)(C(=O)Nc1ccc(C#N)cc1Cl)C(F)(F)F. The van der Waals surface area contributed by atoms with Crippen LogP contribution in [0.25, 0.3) is 0 Å². The summed E-state index contributed by atoms with van der Waals surface area (Å²) < 4.78 is 37.6. The predicted octanol–water partition coefficient (Wildman–Crippen LogP) is 2.43. The van der Waals surface area contributed by atoms with Gasteiger partial charge in [-0.1, -0.05) is 11.6 Å². The Morgan fingerprint density at radius 2 is 2.05 bits per heavy atom. The van der Waals surface area contributed by atoms with Crippen LogP contribution in [-0.4, -0.2) is 17.6 Å². The highest BCUT2D eigenvalue weighted by Gasteiger charge is 2.54. The maximum atomic E-state index is 12.5. The number of hydrogen-bond acceptors (Lipinski definition) is 3. The maximum absolute atomic E-state index is 12.5. The lowest BCUT2D eigenvalue weighted by Gasteiger charge is -2.26. The molecule has 1 unspecified atom stereocenters. The van der Waals surface area contributed by atoms with Crippen molar-refractivity contribution < 1.29 is 18.0 Å². The summed E-state index contributed by atoms with van der Waals surface area (Å²) in [5.41, 5.74) is 2.09. The van der Waals surface area contributed by atoms with Gasteiger partial charge in [0.1, 0.15) is 0 Å². The van der Waals surface area contributed by atoms with E-state index in [1.165, 1.54) is 18.2 Å². The van der Waals surface area contributed by atoms with Gasteiger partial charge < -0.3 is 11.1 Å². The third-order valence-electron chi connectivity index (χ3n) is 2.41. The Morgan fingerprint density at radius 3 is 2.47 bits per heavy atom. The average Bonchev–Trinajstić information content (AvgIpc) is 2.30. The second-order valence-electron chi connectivity index (χ2n) is 3.96. The fourth-order valence-electron chi connectivity index (χ4n) is 1.07. The van der Waals surface area contributed by atoms with E-state index in [9.17, 15) is 18.0 Å². The molecule has 0 bridgehead atoms. The van der Waals surface area contributed by atoms with E-state index in [0.29, 0.717) is 6.92 Å². The zero-order valence-corrected chi connectivity index (χ0v) is 10.4. The Balaban J connectivity index is 2.99. The van der Waals surface area contributed by atoms with Gasteiger partial charge in [-0.2, -0.15) is 18.4 Å². The van der Waals surface area contributed by atoms with Crippen LogP contribution in [-0.2, 0) is 4.79 Å². The molecule has 1 rings (SSSR count). The van der Waals surface area contributed by atoms with E-state index in [1.807, 2.05) is 5.32 Å². The maximum Gasteiger partial charge on any atom is 0.415 e. The molecule has 0 aliphatic rings. The zero-order chi connectivity index (χ0) is 14.8. The highest BCUT2D eigenvalue weighted by Crippen LogP contribution is 2.30. The Kier molecular flexibility index (Phi) is 4.08. The van der Waals surface area contributed by atoms with Gasteiger partial charge in [0.05, 0.1) is 22.3 Å². The number of nitrogens with two attached hydrogens (primary N) is 1. The normalized spacial score (nSPS) is 14.4. The van der Waals surface area contributed by atoms with Gasteiger partial charge in [0.2, 0.25) is 0 Å². The molecule has 0 fully saturated rings. The first-order chi connectivity index (χ1) is 8.59. The number of carbonyl (C=O) groups excluding carboxylic acids is 1. The third-order valence-corrected chi connectivity index (χ3v) is 2.72. The molecule has 0 saturated carbocycles. The lowest BCUT2D eigenvalue weighted by atomic mass is 10.0. The minimum Gasteiger partial charge on any atom is -0.323 e. The number of nitrogens with one attached hydrogen (secondary N) is 1. The quantitative estimate of drug-likeness (QED) is 0.878. The van der Waals surface area contributed by atoms with E-state index in [-0.39, 0.29) is 16.3 Å². The molecule has 0 aliphatic carbocycles. The number of amides is 1. The van der Waals surface area contributed by atoms with E-state index < -0.39 is 17.6 Å². The molecule has 8 heteroatoms. The predicted molar refractivity (Wildman–Crippen MR) is 63.4 cm³/mol. The number of alkyl halides is 3. The second-order valence-corrected chi connectivity index (χ2v) is 4.37. The van der Waals surface area contributed by atoms with Gasteiger partial charge in [-0.3, -0.25) is 4.79 Å². The highest BCUT2D eigenvalue weighted by molar-refractivity contribution is 6.33. The van der Waals surface area contributed by atoms with Crippen LogP contribution < -0.4 is 11.1 Å². The summed E-state index contributed by atoms with van der Waals surface area (Å²) >= 11 is 5.73. The van der Waals surface area contributed by atoms with Crippen molar-refractivity contribution >= 4 is 23.2 Å². The molecule has 0 aliphatic heterocycles. The monoisotopic (exact) mass is 291 g/mol. The number of carbonyl (C=O) groups is 1. The molecular weight excluding hydrogens is 283 g/mol. The van der Waals surface area contributed by atoms with Crippen LogP contribution in [0.1, 0.15) is 12.5 Å². The van der Waals surface area contributed by atoms with E-state index in [1.54, 1.807) is 6.07 Å². The summed E-state index contributed by atoms with van der Waals surface area (Å²) in [5.74, 6) is -1.44. The number of benzene rings is 1. The largest absolute Gasteiger partial charge is 0.415 e. The van der Waals surface area contributed by atoms with Crippen LogP contribution in [0, 0.1) is 11.3 Å². The minimum atomic E-state index is -4.89. The molecule has 0 aromatic heterocycles. The standard InChI is InChI=1S/C11H9ClF3N3O/c1-10(17,11(13,14)15)9(19)18-8-3-2-6(5-16)4-7(8)12/h2-4H,17H2,1H3,(H,18,19). The van der Waals surface area contributed by atoms with Gasteiger partial charge in [0.25, 0.3) is 5.91 Å². The second kappa shape index (κ2) is 5.07. The van der Waals surface area contributed by atoms with Crippen molar-refractivity contribution in [2.75, 3.05) is 5.32 Å². The van der Waals surface area contributed by atoms with Crippen LogP contribution in [0.3, 0.4) is 0 Å². The molecule has 0 heterocycles. The van der Waals surface area contributed by atoms with E-state index >= 15 is 0 Å². The number of halogens is 4. The van der Waals surface area contributed by atoms with Crippen molar-refractivity contribution in [3.8, 4) is 6.07 Å². The van der Waals surface area contributed by atoms with Crippen molar-refractivity contribution in [1.82, 2.24) is 0 Å². The number of nitrogens with zero attached hydrogens (tertiary/aromatic N) is 1. The van der Waals surface area contributed by atoms with Gasteiger partial charge in [-0.15, -0.1) is 0 Å². The van der Waals surface area contributed by atoms with E-state index in [4.69, 9.17) is 22.6 Å². The molecule has 1 aromatic rings. The minimum absolute atomic E-state index is 0.0495. The molecule has 0 spiro atoms. The number of nitriles is 1. The summed E-state index contributed by atoms with van der Waals surface area (Å²) in [6.45, 7) is 0.555. The molecule has 1 atom stereocenters. The lowest BCUT2D eigenvalue weighted by molar-refractivity contribution is -0.184. The summed E-state index contributed by atoms with van der Waals surface area (Å²) in [5, 5.41) is 10.5. The topological polar surface area (TPSA) is 78.9 Å². The molecule has 102 valence electrons. The Labute approximate surface area is 111 Å². The molecule has 1 aromatic carbocycles. The van der Waals surface area contributed by atoms with Gasteiger partial charge in [-0.05, 0) is 25.1 Å². The Bertz CT molecular complexity index is 549. The van der Waals surface area contributed by atoms with Crippen LogP contribution in [0.2, 0.25) is 5.02 Å².